The third-order valence-corrected chi connectivity index (χ3v) is 1.87. The van der Waals surface area contributed by atoms with Crippen molar-refractivity contribution in [2.24, 2.45) is 0 Å². The summed E-state index contributed by atoms with van der Waals surface area (Å²) >= 11 is 5.81. The minimum Gasteiger partial charge on any atom is -0.243 e. The third kappa shape index (κ3) is 0.886. The first-order valence-electron chi connectivity index (χ1n) is 3.16. The lowest BCUT2D eigenvalue weighted by Gasteiger charge is -1.91. The lowest BCUT2D eigenvalue weighted by molar-refractivity contribution is 0.315. The Labute approximate surface area is 67.9 Å². The number of rotatable bonds is 0. The minimum absolute atomic E-state index is 0.576. The van der Waals surface area contributed by atoms with E-state index in [0.29, 0.717) is 10.5 Å². The monoisotopic (exact) mass is 168 g/mol. The van der Waals surface area contributed by atoms with Gasteiger partial charge in [0.1, 0.15) is 5.52 Å². The molecule has 11 heavy (non-hydrogen) atoms. The summed E-state index contributed by atoms with van der Waals surface area (Å²) in [6, 6.07) is 3.66. The van der Waals surface area contributed by atoms with Crippen LogP contribution in [-0.2, 0) is 0 Å². The molecule has 0 spiro atoms. The predicted molar refractivity (Wildman–Crippen MR) is 41.6 cm³/mol. The average molecular weight is 169 g/mol. The zero-order valence-corrected chi connectivity index (χ0v) is 6.59. The summed E-state index contributed by atoms with van der Waals surface area (Å²) < 4.78 is 4.54. The molecule has 56 valence electrons. The molecule has 0 aliphatic rings. The maximum Gasteiger partial charge on any atom is 0.154 e. The number of hydrogen-bond acceptors (Lipinski definition) is 3. The quantitative estimate of drug-likeness (QED) is 0.605. The van der Waals surface area contributed by atoms with Gasteiger partial charge in [0.05, 0.1) is 5.02 Å². The van der Waals surface area contributed by atoms with Crippen LogP contribution in [0.25, 0.3) is 11.0 Å². The molecule has 1 aromatic heterocycles. The van der Waals surface area contributed by atoms with Crippen molar-refractivity contribution in [3.63, 3.8) is 0 Å². The summed E-state index contributed by atoms with van der Waals surface area (Å²) in [5, 5.41) is 7.95. The molecule has 3 nitrogen and oxygen atoms in total. The Morgan fingerprint density at radius 3 is 2.73 bits per heavy atom. The first kappa shape index (κ1) is 6.61. The van der Waals surface area contributed by atoms with Crippen LogP contribution in [0.4, 0.5) is 0 Å². The van der Waals surface area contributed by atoms with Gasteiger partial charge >= 0.3 is 0 Å². The number of hydrogen-bond donors (Lipinski definition) is 0. The number of nitrogens with zero attached hydrogens (tertiary/aromatic N) is 2. The summed E-state index contributed by atoms with van der Waals surface area (Å²) in [6.07, 6.45) is 0. The van der Waals surface area contributed by atoms with Crippen LogP contribution in [-0.4, -0.2) is 10.3 Å². The van der Waals surface area contributed by atoms with Gasteiger partial charge in [0, 0.05) is 0 Å². The van der Waals surface area contributed by atoms with Crippen molar-refractivity contribution in [2.75, 3.05) is 0 Å². The van der Waals surface area contributed by atoms with Crippen molar-refractivity contribution in [2.45, 2.75) is 6.92 Å². The molecule has 0 saturated carbocycles. The molecule has 0 radical (unpaired) electrons. The molecule has 4 heteroatoms. The molecule has 0 aliphatic carbocycles. The fourth-order valence-corrected chi connectivity index (χ4v) is 1.15. The Bertz CT molecular complexity index is 360. The third-order valence-electron chi connectivity index (χ3n) is 1.57. The highest BCUT2D eigenvalue weighted by Gasteiger charge is 2.06. The molecule has 0 atom stereocenters. The van der Waals surface area contributed by atoms with Crippen molar-refractivity contribution in [3.8, 4) is 0 Å². The van der Waals surface area contributed by atoms with Crippen molar-refractivity contribution in [3.05, 3.63) is 22.7 Å². The van der Waals surface area contributed by atoms with E-state index in [1.165, 1.54) is 0 Å². The second kappa shape index (κ2) is 2.20. The van der Waals surface area contributed by atoms with Crippen LogP contribution in [0.3, 0.4) is 0 Å². The Morgan fingerprint density at radius 2 is 2.00 bits per heavy atom. The van der Waals surface area contributed by atoms with Crippen LogP contribution in [0.5, 0.6) is 0 Å². The topological polar surface area (TPSA) is 38.9 Å². The zero-order valence-electron chi connectivity index (χ0n) is 5.84. The lowest BCUT2D eigenvalue weighted by atomic mass is 10.2. The van der Waals surface area contributed by atoms with E-state index < -0.39 is 0 Å². The summed E-state index contributed by atoms with van der Waals surface area (Å²) in [4.78, 5) is 0. The number of aryl methyl sites for hydroxylation is 1. The van der Waals surface area contributed by atoms with Gasteiger partial charge in [0.15, 0.2) is 5.52 Å². The molecule has 2 aromatic rings. The molecule has 2 rings (SSSR count). The van der Waals surface area contributed by atoms with E-state index in [4.69, 9.17) is 11.6 Å². The molecule has 0 fully saturated rings. The Balaban J connectivity index is 2.96. The van der Waals surface area contributed by atoms with Crippen LogP contribution in [0, 0.1) is 6.92 Å². The highest BCUT2D eigenvalue weighted by molar-refractivity contribution is 6.34. The Hall–Kier alpha value is -1.09. The lowest BCUT2D eigenvalue weighted by Crippen LogP contribution is -1.76. The highest BCUT2D eigenvalue weighted by atomic mass is 35.5. The van der Waals surface area contributed by atoms with Crippen LogP contribution >= 0.6 is 11.6 Å². The van der Waals surface area contributed by atoms with E-state index in [2.05, 4.69) is 14.9 Å². The molecule has 1 aromatic carbocycles. The summed E-state index contributed by atoms with van der Waals surface area (Å²) in [6.45, 7) is 1.93. The van der Waals surface area contributed by atoms with Gasteiger partial charge in [-0.2, -0.15) is 0 Å². The Kier molecular flexibility index (Phi) is 1.32. The number of halogens is 1. The standard InChI is InChI=1S/C7H5ClN2O/c1-4-2-3-5(8)7-6(4)9-11-10-7/h2-3H,1H3. The van der Waals surface area contributed by atoms with Crippen molar-refractivity contribution >= 4 is 22.6 Å². The van der Waals surface area contributed by atoms with Crippen LogP contribution in [0.1, 0.15) is 5.56 Å². The summed E-state index contributed by atoms with van der Waals surface area (Å²) in [5.41, 5.74) is 2.38. The smallest absolute Gasteiger partial charge is 0.154 e. The predicted octanol–water partition coefficient (Wildman–Crippen LogP) is 2.18. The van der Waals surface area contributed by atoms with Gasteiger partial charge in [0.2, 0.25) is 0 Å². The van der Waals surface area contributed by atoms with Crippen molar-refractivity contribution in [1.29, 1.82) is 0 Å². The molecule has 0 aliphatic heterocycles. The van der Waals surface area contributed by atoms with Gasteiger partial charge in [0.25, 0.3) is 0 Å². The van der Waals surface area contributed by atoms with Gasteiger partial charge < -0.3 is 0 Å². The molecular weight excluding hydrogens is 164 g/mol. The second-order valence-electron chi connectivity index (χ2n) is 2.33. The van der Waals surface area contributed by atoms with E-state index in [0.717, 1.165) is 11.1 Å². The van der Waals surface area contributed by atoms with Gasteiger partial charge in [-0.1, -0.05) is 17.7 Å². The van der Waals surface area contributed by atoms with E-state index in [1.54, 1.807) is 6.07 Å². The summed E-state index contributed by atoms with van der Waals surface area (Å²) in [5.74, 6) is 0. The SMILES string of the molecule is Cc1ccc(Cl)c2nonc12. The van der Waals surface area contributed by atoms with E-state index in [1.807, 2.05) is 13.0 Å². The van der Waals surface area contributed by atoms with E-state index in [9.17, 15) is 0 Å². The van der Waals surface area contributed by atoms with E-state index in [-0.39, 0.29) is 0 Å². The molecule has 0 unspecified atom stereocenters. The first-order valence-corrected chi connectivity index (χ1v) is 3.54. The van der Waals surface area contributed by atoms with Crippen LogP contribution in [0.15, 0.2) is 16.8 Å². The van der Waals surface area contributed by atoms with Crippen LogP contribution in [0.2, 0.25) is 5.02 Å². The highest BCUT2D eigenvalue weighted by Crippen LogP contribution is 2.22. The van der Waals surface area contributed by atoms with Gasteiger partial charge in [-0.15, -0.1) is 0 Å². The molecule has 1 heterocycles. The number of aromatic nitrogens is 2. The molecule has 0 amide bonds. The van der Waals surface area contributed by atoms with Crippen LogP contribution < -0.4 is 0 Å². The van der Waals surface area contributed by atoms with Gasteiger partial charge in [-0.3, -0.25) is 0 Å². The maximum absolute atomic E-state index is 5.81. The van der Waals surface area contributed by atoms with Crippen molar-refractivity contribution in [1.82, 2.24) is 10.3 Å². The Morgan fingerprint density at radius 1 is 1.27 bits per heavy atom. The number of fused-ring (bicyclic) bond motifs is 1. The zero-order chi connectivity index (χ0) is 7.84. The fraction of sp³-hybridized carbons (Fsp3) is 0.143. The molecule has 0 bridgehead atoms. The van der Waals surface area contributed by atoms with Crippen molar-refractivity contribution < 1.29 is 4.63 Å². The minimum atomic E-state index is 0.576. The number of benzene rings is 1. The average Bonchev–Trinajstić information content (AvgIpc) is 2.45. The van der Waals surface area contributed by atoms with E-state index >= 15 is 0 Å². The maximum atomic E-state index is 5.81. The molecule has 0 N–H and O–H groups in total. The second-order valence-corrected chi connectivity index (χ2v) is 2.73. The summed E-state index contributed by atoms with van der Waals surface area (Å²) in [7, 11) is 0. The fourth-order valence-electron chi connectivity index (χ4n) is 0.960. The largest absolute Gasteiger partial charge is 0.243 e. The molecular formula is C7H5ClN2O. The normalized spacial score (nSPS) is 10.7. The van der Waals surface area contributed by atoms with Gasteiger partial charge in [-0.05, 0) is 28.9 Å². The molecule has 0 saturated heterocycles. The first-order chi connectivity index (χ1) is 5.29. The van der Waals surface area contributed by atoms with Gasteiger partial charge in [-0.25, -0.2) is 4.63 Å².